The van der Waals surface area contributed by atoms with Crippen molar-refractivity contribution in [2.24, 2.45) is 5.92 Å². The third-order valence-electron chi connectivity index (χ3n) is 3.78. The zero-order valence-electron chi connectivity index (χ0n) is 11.7. The molecule has 2 amide bonds. The Morgan fingerprint density at radius 2 is 2.14 bits per heavy atom. The number of amides is 2. The van der Waals surface area contributed by atoms with Crippen LogP contribution in [0.25, 0.3) is 0 Å². The van der Waals surface area contributed by atoms with Crippen molar-refractivity contribution in [1.29, 1.82) is 0 Å². The van der Waals surface area contributed by atoms with Crippen molar-refractivity contribution in [1.82, 2.24) is 25.2 Å². The van der Waals surface area contributed by atoms with E-state index in [-0.39, 0.29) is 11.7 Å². The van der Waals surface area contributed by atoms with Gasteiger partial charge in [0.25, 0.3) is 0 Å². The lowest BCUT2D eigenvalue weighted by molar-refractivity contribution is 0.0690. The highest BCUT2D eigenvalue weighted by molar-refractivity contribution is 5.84. The number of carboxylic acids is 1. The van der Waals surface area contributed by atoms with Crippen molar-refractivity contribution in [2.45, 2.75) is 38.3 Å². The van der Waals surface area contributed by atoms with Gasteiger partial charge >= 0.3 is 12.0 Å². The lowest BCUT2D eigenvalue weighted by Gasteiger charge is -2.22. The minimum Gasteiger partial charge on any atom is -0.476 e. The number of carbonyl (C=O) groups is 2. The summed E-state index contributed by atoms with van der Waals surface area (Å²) >= 11 is 0. The van der Waals surface area contributed by atoms with Gasteiger partial charge in [-0.15, -0.1) is 5.10 Å². The zero-order chi connectivity index (χ0) is 14.8. The van der Waals surface area contributed by atoms with E-state index in [9.17, 15) is 9.59 Å². The first-order valence-electron chi connectivity index (χ1n) is 7.31. The number of rotatable bonds is 7. The third-order valence-corrected chi connectivity index (χ3v) is 3.78. The van der Waals surface area contributed by atoms with Crippen LogP contribution < -0.4 is 5.32 Å². The van der Waals surface area contributed by atoms with Gasteiger partial charge in [-0.2, -0.15) is 0 Å². The Balaban J connectivity index is 1.44. The van der Waals surface area contributed by atoms with Crippen LogP contribution in [0, 0.1) is 5.92 Å². The topological polar surface area (TPSA) is 100 Å². The first-order valence-corrected chi connectivity index (χ1v) is 7.31. The molecule has 1 heterocycles. The van der Waals surface area contributed by atoms with Crippen LogP contribution in [0.4, 0.5) is 4.79 Å². The molecule has 3 rings (SSSR count). The highest BCUT2D eigenvalue weighted by Crippen LogP contribution is 2.34. The van der Waals surface area contributed by atoms with Gasteiger partial charge in [-0.3, -0.25) is 0 Å². The number of carboxylic acid groups (broad SMARTS) is 1. The van der Waals surface area contributed by atoms with E-state index in [1.54, 1.807) is 0 Å². The average molecular weight is 293 g/mol. The Hall–Kier alpha value is -2.12. The summed E-state index contributed by atoms with van der Waals surface area (Å²) in [7, 11) is 0. The van der Waals surface area contributed by atoms with Crippen molar-refractivity contribution in [3.05, 3.63) is 11.9 Å². The molecule has 0 saturated heterocycles. The smallest absolute Gasteiger partial charge is 0.358 e. The van der Waals surface area contributed by atoms with Gasteiger partial charge in [0.05, 0.1) is 12.7 Å². The molecule has 0 aromatic carbocycles. The Labute approximate surface area is 122 Å². The summed E-state index contributed by atoms with van der Waals surface area (Å²) in [4.78, 5) is 24.8. The summed E-state index contributed by atoms with van der Waals surface area (Å²) in [5.74, 6) is -0.417. The van der Waals surface area contributed by atoms with E-state index in [2.05, 4.69) is 15.6 Å². The quantitative estimate of drug-likeness (QED) is 0.765. The normalized spacial score (nSPS) is 17.5. The number of nitrogens with zero attached hydrogens (tertiary/aromatic N) is 4. The molecule has 2 aliphatic rings. The maximum atomic E-state index is 12.2. The molecule has 2 saturated carbocycles. The number of urea groups is 1. The first-order chi connectivity index (χ1) is 10.1. The van der Waals surface area contributed by atoms with E-state index < -0.39 is 5.97 Å². The summed E-state index contributed by atoms with van der Waals surface area (Å²) in [5.41, 5.74) is -0.0883. The summed E-state index contributed by atoms with van der Waals surface area (Å²) in [6, 6.07) is 0.388. The van der Waals surface area contributed by atoms with Crippen molar-refractivity contribution >= 4 is 12.0 Å². The molecule has 1 aromatic rings. The number of carbonyl (C=O) groups excluding carboxylic acids is 1. The van der Waals surface area contributed by atoms with Crippen molar-refractivity contribution in [2.75, 3.05) is 13.1 Å². The van der Waals surface area contributed by atoms with Crippen LogP contribution in [-0.4, -0.2) is 56.1 Å². The molecule has 0 atom stereocenters. The van der Waals surface area contributed by atoms with Gasteiger partial charge in [0.2, 0.25) is 0 Å². The molecule has 114 valence electrons. The first kappa shape index (κ1) is 13.8. The standard InChI is InChI=1S/C13H19N5O3/c19-12(20)11-8-17(16-15-11)6-5-14-13(21)18(10-3-4-10)7-9-1-2-9/h8-10H,1-7H2,(H,14,21)(H,19,20). The van der Waals surface area contributed by atoms with Crippen LogP contribution in [0.1, 0.15) is 36.2 Å². The molecule has 2 N–H and O–H groups in total. The molecule has 8 heteroatoms. The van der Waals surface area contributed by atoms with E-state index in [4.69, 9.17) is 5.11 Å². The maximum Gasteiger partial charge on any atom is 0.358 e. The molecule has 0 unspecified atom stereocenters. The fraction of sp³-hybridized carbons (Fsp3) is 0.692. The molecule has 0 aliphatic heterocycles. The van der Waals surface area contributed by atoms with Gasteiger partial charge in [0.15, 0.2) is 5.69 Å². The van der Waals surface area contributed by atoms with Crippen molar-refractivity contribution in [3.63, 3.8) is 0 Å². The Bertz CT molecular complexity index is 536. The molecule has 0 radical (unpaired) electrons. The minimum absolute atomic E-state index is 0.0250. The van der Waals surface area contributed by atoms with Gasteiger partial charge in [-0.1, -0.05) is 5.21 Å². The van der Waals surface area contributed by atoms with Crippen LogP contribution in [-0.2, 0) is 6.54 Å². The Kier molecular flexibility index (Phi) is 3.76. The summed E-state index contributed by atoms with van der Waals surface area (Å²) < 4.78 is 1.42. The molecule has 1 aromatic heterocycles. The average Bonchev–Trinajstić information content (AvgIpc) is 3.35. The lowest BCUT2D eigenvalue weighted by atomic mass is 10.3. The second kappa shape index (κ2) is 5.71. The van der Waals surface area contributed by atoms with E-state index in [1.165, 1.54) is 23.7 Å². The number of hydrogen-bond donors (Lipinski definition) is 2. The number of hydrogen-bond acceptors (Lipinski definition) is 4. The van der Waals surface area contributed by atoms with Gasteiger partial charge in [0.1, 0.15) is 0 Å². The zero-order valence-corrected chi connectivity index (χ0v) is 11.7. The Morgan fingerprint density at radius 3 is 2.71 bits per heavy atom. The second-order valence-corrected chi connectivity index (χ2v) is 5.73. The van der Waals surface area contributed by atoms with Gasteiger partial charge in [-0.05, 0) is 31.6 Å². The lowest BCUT2D eigenvalue weighted by Crippen LogP contribution is -2.43. The highest BCUT2D eigenvalue weighted by atomic mass is 16.4. The van der Waals surface area contributed by atoms with Crippen LogP contribution in [0.5, 0.6) is 0 Å². The molecule has 0 bridgehead atoms. The maximum absolute atomic E-state index is 12.2. The molecule has 0 spiro atoms. The van der Waals surface area contributed by atoms with Gasteiger partial charge in [-0.25, -0.2) is 14.3 Å². The molecule has 2 aliphatic carbocycles. The largest absolute Gasteiger partial charge is 0.476 e. The molecule has 2 fully saturated rings. The molecular weight excluding hydrogens is 274 g/mol. The second-order valence-electron chi connectivity index (χ2n) is 5.73. The van der Waals surface area contributed by atoms with Crippen molar-refractivity contribution in [3.8, 4) is 0 Å². The van der Waals surface area contributed by atoms with Crippen LogP contribution in [0.3, 0.4) is 0 Å². The van der Waals surface area contributed by atoms with Crippen LogP contribution in [0.15, 0.2) is 6.20 Å². The fourth-order valence-electron chi connectivity index (χ4n) is 2.25. The van der Waals surface area contributed by atoms with Gasteiger partial charge < -0.3 is 15.3 Å². The van der Waals surface area contributed by atoms with E-state index in [0.717, 1.165) is 19.4 Å². The Morgan fingerprint density at radius 1 is 1.38 bits per heavy atom. The predicted octanol–water partition coefficient (Wildman–Crippen LogP) is 0.560. The number of aromatic carboxylic acids is 1. The number of aromatic nitrogens is 3. The predicted molar refractivity (Wildman–Crippen MR) is 72.8 cm³/mol. The fourth-order valence-corrected chi connectivity index (χ4v) is 2.25. The van der Waals surface area contributed by atoms with Gasteiger partial charge in [0, 0.05) is 19.1 Å². The molecule has 8 nitrogen and oxygen atoms in total. The summed E-state index contributed by atoms with van der Waals surface area (Å²) in [6.45, 7) is 1.69. The van der Waals surface area contributed by atoms with E-state index in [0.29, 0.717) is 25.0 Å². The van der Waals surface area contributed by atoms with Crippen LogP contribution in [0.2, 0.25) is 0 Å². The van der Waals surface area contributed by atoms with Crippen LogP contribution >= 0.6 is 0 Å². The molecule has 21 heavy (non-hydrogen) atoms. The summed E-state index contributed by atoms with van der Waals surface area (Å²) in [5, 5.41) is 18.9. The monoisotopic (exact) mass is 293 g/mol. The van der Waals surface area contributed by atoms with E-state index >= 15 is 0 Å². The van der Waals surface area contributed by atoms with E-state index in [1.807, 2.05) is 4.90 Å². The minimum atomic E-state index is -1.10. The molecular formula is C13H19N5O3. The van der Waals surface area contributed by atoms with Crippen molar-refractivity contribution < 1.29 is 14.7 Å². The highest BCUT2D eigenvalue weighted by Gasteiger charge is 2.36. The SMILES string of the molecule is O=C(O)c1cn(CCNC(=O)N(CC2CC2)C2CC2)nn1. The number of nitrogens with one attached hydrogen (secondary N) is 1. The third kappa shape index (κ3) is 3.71. The summed E-state index contributed by atoms with van der Waals surface area (Å²) in [6.07, 6.45) is 6.02.